The third-order valence-electron chi connectivity index (χ3n) is 4.43. The summed E-state index contributed by atoms with van der Waals surface area (Å²) in [6.07, 6.45) is 4.38. The van der Waals surface area contributed by atoms with Gasteiger partial charge in [0, 0.05) is 10.9 Å². The molecule has 0 bridgehead atoms. The highest BCUT2D eigenvalue weighted by Crippen LogP contribution is 2.22. The Morgan fingerprint density at radius 1 is 1.33 bits per heavy atom. The van der Waals surface area contributed by atoms with Crippen molar-refractivity contribution in [2.75, 3.05) is 13.6 Å². The largest absolute Gasteiger partial charge is 0.348 e. The van der Waals surface area contributed by atoms with E-state index in [0.717, 1.165) is 42.1 Å². The van der Waals surface area contributed by atoms with E-state index in [1.807, 2.05) is 12.4 Å². The number of hydrogen-bond donors (Lipinski definition) is 1. The summed E-state index contributed by atoms with van der Waals surface area (Å²) < 4.78 is 13.0. The van der Waals surface area contributed by atoms with Gasteiger partial charge in [-0.15, -0.1) is 11.3 Å². The molecule has 1 aliphatic rings. The Morgan fingerprint density at radius 3 is 2.92 bits per heavy atom. The average Bonchev–Trinajstić information content (AvgIpc) is 2.95. The lowest BCUT2D eigenvalue weighted by molar-refractivity contribution is -0.126. The molecule has 4 nitrogen and oxygen atoms in total. The molecule has 1 fully saturated rings. The standard InChI is InChI=1S/C18H22FN3OS/c1-22-10-4-2-3-5-16(22)18(23)20-11-17-21-15(12-24-17)13-6-8-14(19)9-7-13/h6-9,12,16H,2-5,10-11H2,1H3,(H,20,23)/t16-/m1/s1. The lowest BCUT2D eigenvalue weighted by Crippen LogP contribution is -2.44. The summed E-state index contributed by atoms with van der Waals surface area (Å²) in [5.41, 5.74) is 1.70. The van der Waals surface area contributed by atoms with Crippen LogP contribution >= 0.6 is 11.3 Å². The number of carbonyl (C=O) groups is 1. The SMILES string of the molecule is CN1CCCCC[C@@H]1C(=O)NCc1nc(-c2ccc(F)cc2)cs1. The molecule has 1 amide bonds. The van der Waals surface area contributed by atoms with Gasteiger partial charge in [0.05, 0.1) is 18.3 Å². The minimum Gasteiger partial charge on any atom is -0.348 e. The normalized spacial score (nSPS) is 19.0. The van der Waals surface area contributed by atoms with E-state index < -0.39 is 0 Å². The summed E-state index contributed by atoms with van der Waals surface area (Å²) in [6.45, 7) is 1.42. The minimum atomic E-state index is -0.256. The molecule has 1 N–H and O–H groups in total. The number of amides is 1. The highest BCUT2D eigenvalue weighted by atomic mass is 32.1. The van der Waals surface area contributed by atoms with Gasteiger partial charge in [0.2, 0.25) is 5.91 Å². The van der Waals surface area contributed by atoms with E-state index in [4.69, 9.17) is 0 Å². The number of rotatable bonds is 4. The van der Waals surface area contributed by atoms with Crippen LogP contribution in [0.5, 0.6) is 0 Å². The molecule has 0 spiro atoms. The Labute approximate surface area is 145 Å². The molecule has 24 heavy (non-hydrogen) atoms. The van der Waals surface area contributed by atoms with Crippen LogP contribution < -0.4 is 5.32 Å². The summed E-state index contributed by atoms with van der Waals surface area (Å²) >= 11 is 1.51. The third kappa shape index (κ3) is 4.19. The number of nitrogens with zero attached hydrogens (tertiary/aromatic N) is 2. The van der Waals surface area contributed by atoms with Gasteiger partial charge < -0.3 is 5.32 Å². The van der Waals surface area contributed by atoms with E-state index in [-0.39, 0.29) is 17.8 Å². The maximum Gasteiger partial charge on any atom is 0.237 e. The van der Waals surface area contributed by atoms with E-state index in [0.29, 0.717) is 6.54 Å². The minimum absolute atomic E-state index is 0.0379. The van der Waals surface area contributed by atoms with Crippen LogP contribution in [0.4, 0.5) is 4.39 Å². The van der Waals surface area contributed by atoms with E-state index >= 15 is 0 Å². The summed E-state index contributed by atoms with van der Waals surface area (Å²) in [5.74, 6) is -0.174. The molecule has 2 aromatic rings. The van der Waals surface area contributed by atoms with Crippen LogP contribution in [-0.2, 0) is 11.3 Å². The molecule has 128 valence electrons. The van der Waals surface area contributed by atoms with E-state index in [9.17, 15) is 9.18 Å². The molecule has 0 radical (unpaired) electrons. The Morgan fingerprint density at radius 2 is 2.12 bits per heavy atom. The van der Waals surface area contributed by atoms with Gasteiger partial charge in [-0.1, -0.05) is 12.8 Å². The summed E-state index contributed by atoms with van der Waals surface area (Å²) in [4.78, 5) is 19.1. The second-order valence-electron chi connectivity index (χ2n) is 6.20. The molecule has 2 heterocycles. The smallest absolute Gasteiger partial charge is 0.237 e. The fourth-order valence-corrected chi connectivity index (χ4v) is 3.75. The highest BCUT2D eigenvalue weighted by molar-refractivity contribution is 7.09. The first-order valence-corrected chi connectivity index (χ1v) is 9.20. The van der Waals surface area contributed by atoms with Crippen molar-refractivity contribution in [2.24, 2.45) is 0 Å². The molecule has 0 unspecified atom stereocenters. The van der Waals surface area contributed by atoms with Crippen LogP contribution in [0.1, 0.15) is 30.7 Å². The van der Waals surface area contributed by atoms with Crippen LogP contribution in [0.15, 0.2) is 29.6 Å². The summed E-state index contributed by atoms with van der Waals surface area (Å²) in [5, 5.41) is 5.81. The zero-order valence-electron chi connectivity index (χ0n) is 13.8. The lowest BCUT2D eigenvalue weighted by atomic mass is 10.1. The first kappa shape index (κ1) is 17.0. The molecule has 1 aromatic carbocycles. The van der Waals surface area contributed by atoms with Crippen molar-refractivity contribution in [1.29, 1.82) is 0 Å². The van der Waals surface area contributed by atoms with Crippen molar-refractivity contribution in [3.05, 3.63) is 40.5 Å². The number of benzene rings is 1. The maximum absolute atomic E-state index is 13.0. The molecular weight excluding hydrogens is 325 g/mol. The van der Waals surface area contributed by atoms with Crippen LogP contribution in [0.3, 0.4) is 0 Å². The summed E-state index contributed by atoms with van der Waals surface area (Å²) in [6, 6.07) is 6.25. The zero-order chi connectivity index (χ0) is 16.9. The van der Waals surface area contributed by atoms with Crippen molar-refractivity contribution >= 4 is 17.2 Å². The van der Waals surface area contributed by atoms with Crippen LogP contribution in [0, 0.1) is 5.82 Å². The fourth-order valence-electron chi connectivity index (χ4n) is 3.01. The monoisotopic (exact) mass is 347 g/mol. The van der Waals surface area contributed by atoms with Crippen molar-refractivity contribution < 1.29 is 9.18 Å². The van der Waals surface area contributed by atoms with E-state index in [2.05, 4.69) is 15.2 Å². The first-order chi connectivity index (χ1) is 11.6. The molecule has 1 atom stereocenters. The van der Waals surface area contributed by atoms with Gasteiger partial charge in [0.15, 0.2) is 0 Å². The van der Waals surface area contributed by atoms with Crippen molar-refractivity contribution in [3.63, 3.8) is 0 Å². The Kier molecular flexibility index (Phi) is 5.58. The molecule has 1 saturated heterocycles. The predicted octanol–water partition coefficient (Wildman–Crippen LogP) is 3.44. The molecule has 1 aliphatic heterocycles. The van der Waals surface area contributed by atoms with Gasteiger partial charge in [-0.3, -0.25) is 9.69 Å². The second kappa shape index (κ2) is 7.85. The van der Waals surface area contributed by atoms with Crippen LogP contribution in [-0.4, -0.2) is 35.4 Å². The van der Waals surface area contributed by atoms with Gasteiger partial charge in [-0.05, 0) is 50.7 Å². The van der Waals surface area contributed by atoms with Crippen molar-refractivity contribution in [3.8, 4) is 11.3 Å². The van der Waals surface area contributed by atoms with Gasteiger partial charge in [-0.2, -0.15) is 0 Å². The number of aromatic nitrogens is 1. The predicted molar refractivity (Wildman–Crippen MR) is 94.2 cm³/mol. The number of likely N-dealkylation sites (N-methyl/N-ethyl adjacent to an activating group) is 1. The number of hydrogen-bond acceptors (Lipinski definition) is 4. The second-order valence-corrected chi connectivity index (χ2v) is 7.14. The average molecular weight is 347 g/mol. The van der Waals surface area contributed by atoms with Gasteiger partial charge in [-0.25, -0.2) is 9.37 Å². The number of thiazole rings is 1. The quantitative estimate of drug-likeness (QED) is 0.921. The molecule has 0 saturated carbocycles. The van der Waals surface area contributed by atoms with Crippen LogP contribution in [0.25, 0.3) is 11.3 Å². The Bertz CT molecular complexity index is 686. The Balaban J connectivity index is 1.58. The Hall–Kier alpha value is -1.79. The molecule has 1 aromatic heterocycles. The van der Waals surface area contributed by atoms with Gasteiger partial charge in [0.1, 0.15) is 10.8 Å². The van der Waals surface area contributed by atoms with E-state index in [1.165, 1.54) is 29.9 Å². The van der Waals surface area contributed by atoms with Gasteiger partial charge >= 0.3 is 0 Å². The molecular formula is C18H22FN3OS. The van der Waals surface area contributed by atoms with Gasteiger partial charge in [0.25, 0.3) is 0 Å². The fraction of sp³-hybridized carbons (Fsp3) is 0.444. The van der Waals surface area contributed by atoms with E-state index in [1.54, 1.807) is 12.1 Å². The third-order valence-corrected chi connectivity index (χ3v) is 5.28. The number of likely N-dealkylation sites (tertiary alicyclic amines) is 1. The molecule has 3 rings (SSSR count). The number of halogens is 1. The number of nitrogens with one attached hydrogen (secondary N) is 1. The molecule has 6 heteroatoms. The summed E-state index contributed by atoms with van der Waals surface area (Å²) in [7, 11) is 2.02. The first-order valence-electron chi connectivity index (χ1n) is 8.32. The zero-order valence-corrected chi connectivity index (χ0v) is 14.6. The maximum atomic E-state index is 13.0. The van der Waals surface area contributed by atoms with Crippen LogP contribution in [0.2, 0.25) is 0 Å². The van der Waals surface area contributed by atoms with Crippen molar-refractivity contribution in [2.45, 2.75) is 38.3 Å². The lowest BCUT2D eigenvalue weighted by Gasteiger charge is -2.24. The molecule has 0 aliphatic carbocycles. The topological polar surface area (TPSA) is 45.2 Å². The highest BCUT2D eigenvalue weighted by Gasteiger charge is 2.24. The number of carbonyl (C=O) groups excluding carboxylic acids is 1. The van der Waals surface area contributed by atoms with Crippen molar-refractivity contribution in [1.82, 2.24) is 15.2 Å².